The Balaban J connectivity index is 1.88. The Morgan fingerprint density at radius 1 is 1.32 bits per heavy atom. The van der Waals surface area contributed by atoms with Gasteiger partial charge < -0.3 is 15.2 Å². The van der Waals surface area contributed by atoms with E-state index >= 15 is 0 Å². The molecule has 1 aromatic rings. The highest BCUT2D eigenvalue weighted by Gasteiger charge is 2.24. The van der Waals surface area contributed by atoms with E-state index in [1.165, 1.54) is 19.3 Å². The maximum Gasteiger partial charge on any atom is 0.215 e. The van der Waals surface area contributed by atoms with Crippen molar-refractivity contribution >= 4 is 5.82 Å². The van der Waals surface area contributed by atoms with Crippen molar-refractivity contribution in [1.82, 2.24) is 4.98 Å². The first kappa shape index (κ1) is 14.1. The zero-order chi connectivity index (χ0) is 13.5. The fraction of sp³-hybridized carbons (Fsp3) is 0.667. The molecule has 1 saturated carbocycles. The van der Waals surface area contributed by atoms with Crippen LogP contribution in [0.1, 0.15) is 32.6 Å². The molecule has 4 nitrogen and oxygen atoms in total. The summed E-state index contributed by atoms with van der Waals surface area (Å²) in [6, 6.07) is 5.77. The molecule has 0 bridgehead atoms. The monoisotopic (exact) mass is 264 g/mol. The lowest BCUT2D eigenvalue weighted by Crippen LogP contribution is -2.28. The minimum absolute atomic E-state index is 0.304. The molecule has 2 unspecified atom stereocenters. The number of hydrogen-bond donors (Lipinski definition) is 2. The van der Waals surface area contributed by atoms with Gasteiger partial charge in [-0.15, -0.1) is 0 Å². The number of aliphatic hydroxyl groups is 1. The number of nitrogens with one attached hydrogen (secondary N) is 1. The summed E-state index contributed by atoms with van der Waals surface area (Å²) < 4.78 is 5.39. The molecule has 1 heterocycles. The highest BCUT2D eigenvalue weighted by molar-refractivity contribution is 5.37. The maximum absolute atomic E-state index is 9.41. The number of rotatable bonds is 6. The minimum Gasteiger partial charge on any atom is -0.478 e. The molecule has 1 fully saturated rings. The quantitative estimate of drug-likeness (QED) is 0.829. The number of pyridine rings is 1. The van der Waals surface area contributed by atoms with Crippen LogP contribution in [0.2, 0.25) is 0 Å². The number of hydrogen-bond acceptors (Lipinski definition) is 4. The smallest absolute Gasteiger partial charge is 0.215 e. The molecule has 2 rings (SSSR count). The summed E-state index contributed by atoms with van der Waals surface area (Å²) in [7, 11) is 0. The van der Waals surface area contributed by atoms with Gasteiger partial charge in [-0.05, 0) is 37.7 Å². The van der Waals surface area contributed by atoms with Gasteiger partial charge >= 0.3 is 0 Å². The lowest BCUT2D eigenvalue weighted by atomic mass is 9.79. The number of aromatic nitrogens is 1. The summed E-state index contributed by atoms with van der Waals surface area (Å²) in [5.74, 6) is 2.51. The van der Waals surface area contributed by atoms with Crippen molar-refractivity contribution in [3.8, 4) is 5.88 Å². The van der Waals surface area contributed by atoms with Gasteiger partial charge in [-0.3, -0.25) is 0 Å². The van der Waals surface area contributed by atoms with Crippen LogP contribution in [0.25, 0.3) is 0 Å². The molecule has 4 heteroatoms. The lowest BCUT2D eigenvalue weighted by Gasteiger charge is -2.30. The van der Waals surface area contributed by atoms with Gasteiger partial charge in [-0.1, -0.05) is 18.9 Å². The Labute approximate surface area is 115 Å². The Bertz CT molecular complexity index is 384. The number of nitrogens with zero attached hydrogens (tertiary/aromatic N) is 1. The van der Waals surface area contributed by atoms with E-state index in [9.17, 15) is 5.11 Å². The number of anilines is 1. The first-order valence-electron chi connectivity index (χ1n) is 7.28. The van der Waals surface area contributed by atoms with Gasteiger partial charge in [0.15, 0.2) is 0 Å². The Hall–Kier alpha value is -1.29. The fourth-order valence-corrected chi connectivity index (χ4v) is 2.77. The Kier molecular flexibility index (Phi) is 5.45. The molecule has 1 aliphatic carbocycles. The molecule has 0 saturated heterocycles. The third-order valence-electron chi connectivity index (χ3n) is 3.86. The summed E-state index contributed by atoms with van der Waals surface area (Å²) in [6.45, 7) is 3.77. The van der Waals surface area contributed by atoms with E-state index in [2.05, 4.69) is 10.3 Å². The molecule has 0 spiro atoms. The second-order valence-corrected chi connectivity index (χ2v) is 5.16. The van der Waals surface area contributed by atoms with Crippen molar-refractivity contribution in [2.75, 3.05) is 25.1 Å². The summed E-state index contributed by atoms with van der Waals surface area (Å²) in [5, 5.41) is 12.8. The molecule has 0 aliphatic heterocycles. The molecule has 1 aliphatic rings. The third kappa shape index (κ3) is 4.10. The SMILES string of the molecule is CCOc1cccc(NCC2CCCCC2CO)n1. The first-order valence-corrected chi connectivity index (χ1v) is 7.28. The van der Waals surface area contributed by atoms with Crippen molar-refractivity contribution in [2.24, 2.45) is 11.8 Å². The second-order valence-electron chi connectivity index (χ2n) is 5.16. The summed E-state index contributed by atoms with van der Waals surface area (Å²) >= 11 is 0. The van der Waals surface area contributed by atoms with Crippen LogP contribution in [0.3, 0.4) is 0 Å². The van der Waals surface area contributed by atoms with Gasteiger partial charge in [0, 0.05) is 19.2 Å². The summed E-state index contributed by atoms with van der Waals surface area (Å²) in [6.07, 6.45) is 4.87. The molecular formula is C15H24N2O2. The molecular weight excluding hydrogens is 240 g/mol. The molecule has 0 radical (unpaired) electrons. The van der Waals surface area contributed by atoms with Crippen LogP contribution in [0.4, 0.5) is 5.82 Å². The zero-order valence-electron chi connectivity index (χ0n) is 11.6. The van der Waals surface area contributed by atoms with Crippen molar-refractivity contribution in [2.45, 2.75) is 32.6 Å². The fourth-order valence-electron chi connectivity index (χ4n) is 2.77. The summed E-state index contributed by atoms with van der Waals surface area (Å²) in [4.78, 5) is 4.40. The van der Waals surface area contributed by atoms with Crippen LogP contribution in [-0.2, 0) is 0 Å². The highest BCUT2D eigenvalue weighted by atomic mass is 16.5. The Morgan fingerprint density at radius 3 is 2.84 bits per heavy atom. The van der Waals surface area contributed by atoms with E-state index in [1.807, 2.05) is 25.1 Å². The molecule has 19 heavy (non-hydrogen) atoms. The predicted octanol–water partition coefficient (Wildman–Crippen LogP) is 2.69. The van der Waals surface area contributed by atoms with Crippen molar-refractivity contribution in [3.63, 3.8) is 0 Å². The largest absolute Gasteiger partial charge is 0.478 e. The maximum atomic E-state index is 9.41. The normalized spacial score (nSPS) is 23.1. The van der Waals surface area contributed by atoms with Crippen LogP contribution in [0.15, 0.2) is 18.2 Å². The van der Waals surface area contributed by atoms with Crippen LogP contribution in [0, 0.1) is 11.8 Å². The van der Waals surface area contributed by atoms with E-state index in [1.54, 1.807) is 0 Å². The summed E-state index contributed by atoms with van der Waals surface area (Å²) in [5.41, 5.74) is 0. The molecule has 106 valence electrons. The molecule has 0 aromatic carbocycles. The van der Waals surface area contributed by atoms with E-state index in [-0.39, 0.29) is 0 Å². The molecule has 1 aromatic heterocycles. The standard InChI is InChI=1S/C15H24N2O2/c1-2-19-15-9-5-8-14(17-15)16-10-12-6-3-4-7-13(12)11-18/h5,8-9,12-13,18H,2-4,6-7,10-11H2,1H3,(H,16,17). The van der Waals surface area contributed by atoms with Crippen LogP contribution in [-0.4, -0.2) is 29.8 Å². The number of aliphatic hydroxyl groups excluding tert-OH is 1. The van der Waals surface area contributed by atoms with E-state index in [0.29, 0.717) is 30.9 Å². The van der Waals surface area contributed by atoms with Gasteiger partial charge in [0.1, 0.15) is 5.82 Å². The lowest BCUT2D eigenvalue weighted by molar-refractivity contribution is 0.141. The average Bonchev–Trinajstić information content (AvgIpc) is 2.46. The van der Waals surface area contributed by atoms with Crippen molar-refractivity contribution in [3.05, 3.63) is 18.2 Å². The third-order valence-corrected chi connectivity index (χ3v) is 3.86. The number of ether oxygens (including phenoxy) is 1. The van der Waals surface area contributed by atoms with Crippen LogP contribution >= 0.6 is 0 Å². The van der Waals surface area contributed by atoms with E-state index in [4.69, 9.17) is 4.74 Å². The second kappa shape index (κ2) is 7.34. The van der Waals surface area contributed by atoms with Gasteiger partial charge in [-0.25, -0.2) is 0 Å². The molecule has 0 amide bonds. The van der Waals surface area contributed by atoms with Crippen molar-refractivity contribution in [1.29, 1.82) is 0 Å². The van der Waals surface area contributed by atoms with Gasteiger partial charge in [0.05, 0.1) is 6.61 Å². The highest BCUT2D eigenvalue weighted by Crippen LogP contribution is 2.29. The van der Waals surface area contributed by atoms with Crippen molar-refractivity contribution < 1.29 is 9.84 Å². The van der Waals surface area contributed by atoms with E-state index in [0.717, 1.165) is 18.8 Å². The van der Waals surface area contributed by atoms with E-state index < -0.39 is 0 Å². The predicted molar refractivity (Wildman–Crippen MR) is 76.4 cm³/mol. The van der Waals surface area contributed by atoms with Gasteiger partial charge in [-0.2, -0.15) is 4.98 Å². The Morgan fingerprint density at radius 2 is 2.11 bits per heavy atom. The zero-order valence-corrected chi connectivity index (χ0v) is 11.6. The minimum atomic E-state index is 0.304. The van der Waals surface area contributed by atoms with Gasteiger partial charge in [0.2, 0.25) is 5.88 Å². The molecule has 2 atom stereocenters. The van der Waals surface area contributed by atoms with Gasteiger partial charge in [0.25, 0.3) is 0 Å². The van der Waals surface area contributed by atoms with Crippen LogP contribution < -0.4 is 10.1 Å². The van der Waals surface area contributed by atoms with Crippen LogP contribution in [0.5, 0.6) is 5.88 Å². The molecule has 2 N–H and O–H groups in total. The topological polar surface area (TPSA) is 54.4 Å². The first-order chi connectivity index (χ1) is 9.33. The average molecular weight is 264 g/mol.